The molecule has 0 amide bonds. The maximum absolute atomic E-state index is 11.1. The van der Waals surface area contributed by atoms with Crippen LogP contribution in [0.2, 0.25) is 5.02 Å². The number of hydrogen-bond donors (Lipinski definition) is 1. The van der Waals surface area contributed by atoms with E-state index in [1.54, 1.807) is 24.3 Å². The molecular weight excluding hydrogens is 252 g/mol. The number of hydrogen-bond acceptors (Lipinski definition) is 2. The number of halogens is 1. The molecule has 2 aromatic carbocycles. The topological polar surface area (TPSA) is 46.5 Å². The number of carbonyl (C=O) groups is 1. The lowest BCUT2D eigenvalue weighted by atomic mass is 10.0. The van der Waals surface area contributed by atoms with Gasteiger partial charge in [0.25, 0.3) is 0 Å². The largest absolute Gasteiger partial charge is 0.496 e. The van der Waals surface area contributed by atoms with Crippen molar-refractivity contribution in [3.63, 3.8) is 0 Å². The normalized spacial score (nSPS) is 10.1. The summed E-state index contributed by atoms with van der Waals surface area (Å²) < 4.78 is 5.01. The summed E-state index contributed by atoms with van der Waals surface area (Å²) >= 11 is 5.81. The van der Waals surface area contributed by atoms with E-state index in [1.165, 1.54) is 7.11 Å². The molecule has 0 atom stereocenters. The van der Waals surface area contributed by atoms with Gasteiger partial charge in [-0.25, -0.2) is 4.79 Å². The fourth-order valence-electron chi connectivity index (χ4n) is 1.70. The average molecular weight is 263 g/mol. The minimum Gasteiger partial charge on any atom is -0.496 e. The first-order valence-electron chi connectivity index (χ1n) is 5.29. The molecular formula is C14H11ClO3. The highest BCUT2D eigenvalue weighted by Crippen LogP contribution is 2.27. The molecule has 0 aliphatic heterocycles. The minimum absolute atomic E-state index is 0.143. The Kier molecular flexibility index (Phi) is 3.53. The molecule has 3 nitrogen and oxygen atoms in total. The fraction of sp³-hybridized carbons (Fsp3) is 0.0714. The van der Waals surface area contributed by atoms with Gasteiger partial charge in [0.1, 0.15) is 11.3 Å². The Morgan fingerprint density at radius 2 is 1.72 bits per heavy atom. The van der Waals surface area contributed by atoms with Crippen LogP contribution in [-0.2, 0) is 0 Å². The Morgan fingerprint density at radius 1 is 1.11 bits per heavy atom. The van der Waals surface area contributed by atoms with Crippen LogP contribution in [0.5, 0.6) is 5.75 Å². The van der Waals surface area contributed by atoms with Crippen LogP contribution in [0.1, 0.15) is 10.4 Å². The second-order valence-electron chi connectivity index (χ2n) is 3.73. The predicted molar refractivity (Wildman–Crippen MR) is 70.4 cm³/mol. The van der Waals surface area contributed by atoms with E-state index in [0.29, 0.717) is 10.8 Å². The van der Waals surface area contributed by atoms with E-state index in [9.17, 15) is 4.79 Å². The first kappa shape index (κ1) is 12.5. The van der Waals surface area contributed by atoms with Gasteiger partial charge >= 0.3 is 5.97 Å². The first-order chi connectivity index (χ1) is 8.61. The monoisotopic (exact) mass is 262 g/mol. The van der Waals surface area contributed by atoms with Gasteiger partial charge in [0.15, 0.2) is 0 Å². The van der Waals surface area contributed by atoms with Crippen molar-refractivity contribution in [3.05, 3.63) is 53.1 Å². The summed E-state index contributed by atoms with van der Waals surface area (Å²) in [6, 6.07) is 12.3. The Hall–Kier alpha value is -2.00. The van der Waals surface area contributed by atoms with Gasteiger partial charge in [0.2, 0.25) is 0 Å². The summed E-state index contributed by atoms with van der Waals surface area (Å²) in [6.45, 7) is 0. The molecule has 4 heteroatoms. The summed E-state index contributed by atoms with van der Waals surface area (Å²) in [7, 11) is 1.45. The number of methoxy groups -OCH3 is 1. The molecule has 0 aromatic heterocycles. The van der Waals surface area contributed by atoms with Crippen LogP contribution >= 0.6 is 11.6 Å². The van der Waals surface area contributed by atoms with Crippen molar-refractivity contribution >= 4 is 17.6 Å². The quantitative estimate of drug-likeness (QED) is 0.917. The van der Waals surface area contributed by atoms with Crippen LogP contribution in [0.3, 0.4) is 0 Å². The first-order valence-corrected chi connectivity index (χ1v) is 5.67. The maximum Gasteiger partial charge on any atom is 0.339 e. The molecule has 92 valence electrons. The molecule has 0 heterocycles. The standard InChI is InChI=1S/C14H11ClO3/c1-18-13-7-4-10(8-12(13)14(16)17)9-2-5-11(15)6-3-9/h2-8H,1H3,(H,16,17). The lowest BCUT2D eigenvalue weighted by Gasteiger charge is -2.08. The summed E-state index contributed by atoms with van der Waals surface area (Å²) in [4.78, 5) is 11.1. The van der Waals surface area contributed by atoms with Crippen molar-refractivity contribution in [1.29, 1.82) is 0 Å². The summed E-state index contributed by atoms with van der Waals surface area (Å²) in [5, 5.41) is 9.76. The van der Waals surface area contributed by atoms with Gasteiger partial charge in [0, 0.05) is 5.02 Å². The van der Waals surface area contributed by atoms with Crippen LogP contribution in [0.15, 0.2) is 42.5 Å². The third kappa shape index (κ3) is 2.46. The number of carboxylic acid groups (broad SMARTS) is 1. The molecule has 0 spiro atoms. The third-order valence-electron chi connectivity index (χ3n) is 2.61. The van der Waals surface area contributed by atoms with Crippen LogP contribution in [0, 0.1) is 0 Å². The Bertz CT molecular complexity index is 576. The molecule has 2 rings (SSSR count). The maximum atomic E-state index is 11.1. The molecule has 2 aromatic rings. The molecule has 0 saturated heterocycles. The minimum atomic E-state index is -1.01. The van der Waals surface area contributed by atoms with E-state index >= 15 is 0 Å². The van der Waals surface area contributed by atoms with Crippen molar-refractivity contribution in [2.45, 2.75) is 0 Å². The third-order valence-corrected chi connectivity index (χ3v) is 2.86. The molecule has 0 aliphatic carbocycles. The van der Waals surface area contributed by atoms with E-state index in [0.717, 1.165) is 11.1 Å². The molecule has 0 saturated carbocycles. The fourth-order valence-corrected chi connectivity index (χ4v) is 1.82. The van der Waals surface area contributed by atoms with Gasteiger partial charge < -0.3 is 9.84 Å². The lowest BCUT2D eigenvalue weighted by molar-refractivity contribution is 0.0693. The summed E-state index contributed by atoms with van der Waals surface area (Å²) in [5.41, 5.74) is 1.86. The van der Waals surface area contributed by atoms with Crippen LogP contribution in [-0.4, -0.2) is 18.2 Å². The number of aromatic carboxylic acids is 1. The Balaban J connectivity index is 2.49. The van der Waals surface area contributed by atoms with Crippen LogP contribution in [0.4, 0.5) is 0 Å². The van der Waals surface area contributed by atoms with E-state index < -0.39 is 5.97 Å². The second kappa shape index (κ2) is 5.10. The average Bonchev–Trinajstić information content (AvgIpc) is 2.39. The number of carboxylic acids is 1. The van der Waals surface area contributed by atoms with Crippen molar-refractivity contribution in [1.82, 2.24) is 0 Å². The van der Waals surface area contributed by atoms with Crippen molar-refractivity contribution in [2.75, 3.05) is 7.11 Å². The number of rotatable bonds is 3. The van der Waals surface area contributed by atoms with Gasteiger partial charge in [-0.3, -0.25) is 0 Å². The van der Waals surface area contributed by atoms with Crippen LogP contribution in [0.25, 0.3) is 11.1 Å². The van der Waals surface area contributed by atoms with Crippen LogP contribution < -0.4 is 4.74 Å². The van der Waals surface area contributed by atoms with Crippen molar-refractivity contribution < 1.29 is 14.6 Å². The summed E-state index contributed by atoms with van der Waals surface area (Å²) in [6.07, 6.45) is 0. The second-order valence-corrected chi connectivity index (χ2v) is 4.16. The van der Waals surface area contributed by atoms with Crippen molar-refractivity contribution in [3.8, 4) is 16.9 Å². The van der Waals surface area contributed by atoms with Crippen molar-refractivity contribution in [2.24, 2.45) is 0 Å². The SMILES string of the molecule is COc1ccc(-c2ccc(Cl)cc2)cc1C(=O)O. The van der Waals surface area contributed by atoms with Gasteiger partial charge in [-0.2, -0.15) is 0 Å². The lowest BCUT2D eigenvalue weighted by Crippen LogP contribution is -2.00. The van der Waals surface area contributed by atoms with Gasteiger partial charge in [-0.1, -0.05) is 29.8 Å². The molecule has 0 unspecified atom stereocenters. The molecule has 0 fully saturated rings. The zero-order chi connectivity index (χ0) is 13.1. The molecule has 18 heavy (non-hydrogen) atoms. The zero-order valence-electron chi connectivity index (χ0n) is 9.68. The highest BCUT2D eigenvalue weighted by Gasteiger charge is 2.12. The summed E-state index contributed by atoms with van der Waals surface area (Å²) in [5.74, 6) is -0.664. The smallest absolute Gasteiger partial charge is 0.339 e. The van der Waals surface area contributed by atoms with Gasteiger partial charge in [0.05, 0.1) is 7.11 Å². The molecule has 0 aliphatic rings. The number of ether oxygens (including phenoxy) is 1. The Labute approximate surface area is 110 Å². The number of benzene rings is 2. The van der Waals surface area contributed by atoms with Gasteiger partial charge in [-0.15, -0.1) is 0 Å². The van der Waals surface area contributed by atoms with E-state index in [1.807, 2.05) is 18.2 Å². The zero-order valence-corrected chi connectivity index (χ0v) is 10.4. The highest BCUT2D eigenvalue weighted by molar-refractivity contribution is 6.30. The van der Waals surface area contributed by atoms with E-state index in [4.69, 9.17) is 21.4 Å². The molecule has 0 bridgehead atoms. The van der Waals surface area contributed by atoms with E-state index in [-0.39, 0.29) is 5.56 Å². The van der Waals surface area contributed by atoms with Gasteiger partial charge in [-0.05, 0) is 35.4 Å². The highest BCUT2D eigenvalue weighted by atomic mass is 35.5. The van der Waals surface area contributed by atoms with E-state index in [2.05, 4.69) is 0 Å². The predicted octanol–water partition coefficient (Wildman–Crippen LogP) is 3.71. The Morgan fingerprint density at radius 3 is 2.28 bits per heavy atom. The molecule has 1 N–H and O–H groups in total. The molecule has 0 radical (unpaired) electrons.